The molecule has 1 aliphatic heterocycles. The molecule has 0 N–H and O–H groups in total. The van der Waals surface area contributed by atoms with E-state index in [0.717, 1.165) is 31.9 Å². The standard InChI is InChI=1S/C26H25Cl2N3O/c27-19-6-9-23(22(28)16-19)32-21-10-14-30(15-11-21)25-29-17-24(31(25)20-7-8-20)26(12-13-26)18-4-2-1-3-5-18/h1-9,16-17,20-21H,10-15H2. The molecule has 2 fully saturated rings. The Kier molecular flexibility index (Phi) is 4.96. The molecule has 32 heavy (non-hydrogen) atoms. The van der Waals surface area contributed by atoms with Gasteiger partial charge < -0.3 is 14.2 Å². The van der Waals surface area contributed by atoms with Crippen molar-refractivity contribution in [2.45, 2.75) is 43.2 Å². The molecule has 3 aliphatic rings. The van der Waals surface area contributed by atoms with Crippen LogP contribution in [0.4, 0.5) is 5.95 Å². The number of piperidine rings is 1. The van der Waals surface area contributed by atoms with Gasteiger partial charge in [0, 0.05) is 36.4 Å². The van der Waals surface area contributed by atoms with E-state index in [-0.39, 0.29) is 11.5 Å². The van der Waals surface area contributed by atoms with Crippen LogP contribution in [-0.2, 0) is 5.41 Å². The van der Waals surface area contributed by atoms with Crippen molar-refractivity contribution in [3.05, 3.63) is 88.2 Å². The summed E-state index contributed by atoms with van der Waals surface area (Å²) in [7, 11) is 0. The summed E-state index contributed by atoms with van der Waals surface area (Å²) in [6, 6.07) is 16.7. The zero-order valence-corrected chi connectivity index (χ0v) is 19.3. The second-order valence-electron chi connectivity index (χ2n) is 9.02. The van der Waals surface area contributed by atoms with E-state index >= 15 is 0 Å². The molecule has 164 valence electrons. The molecule has 1 saturated carbocycles. The molecule has 0 spiro atoms. The predicted molar refractivity (Wildman–Crippen MR) is 129 cm³/mol. The summed E-state index contributed by atoms with van der Waals surface area (Å²) in [5, 5.41) is 1.19. The zero-order valence-electron chi connectivity index (χ0n) is 17.8. The van der Waals surface area contributed by atoms with E-state index in [1.807, 2.05) is 12.1 Å². The summed E-state index contributed by atoms with van der Waals surface area (Å²) in [6.45, 7) is 1.83. The Bertz CT molecular complexity index is 1160. The lowest BCUT2D eigenvalue weighted by Crippen LogP contribution is -2.39. The molecule has 0 amide bonds. The van der Waals surface area contributed by atoms with Gasteiger partial charge in [-0.3, -0.25) is 0 Å². The van der Waals surface area contributed by atoms with E-state index in [9.17, 15) is 0 Å². The average molecular weight is 466 g/mol. The Morgan fingerprint density at radius 3 is 2.38 bits per heavy atom. The molecule has 3 aromatic rings. The average Bonchev–Trinajstić information content (AvgIpc) is 3.75. The van der Waals surface area contributed by atoms with Gasteiger partial charge in [-0.15, -0.1) is 0 Å². The smallest absolute Gasteiger partial charge is 0.206 e. The van der Waals surface area contributed by atoms with Gasteiger partial charge in [0.05, 0.1) is 23.0 Å². The van der Waals surface area contributed by atoms with Gasteiger partial charge in [0.2, 0.25) is 5.95 Å². The van der Waals surface area contributed by atoms with Gasteiger partial charge in [-0.05, 0) is 36.6 Å². The molecule has 0 atom stereocenters. The van der Waals surface area contributed by atoms with Gasteiger partial charge >= 0.3 is 0 Å². The predicted octanol–water partition coefficient (Wildman–Crippen LogP) is 6.43. The molecule has 6 rings (SSSR count). The Balaban J connectivity index is 1.20. The van der Waals surface area contributed by atoms with Crippen molar-refractivity contribution in [2.24, 2.45) is 0 Å². The number of ether oxygens (including phenoxy) is 1. The summed E-state index contributed by atoms with van der Waals surface area (Å²) < 4.78 is 8.64. The van der Waals surface area contributed by atoms with Crippen LogP contribution in [0.25, 0.3) is 0 Å². The van der Waals surface area contributed by atoms with Crippen molar-refractivity contribution < 1.29 is 4.74 Å². The first-order valence-corrected chi connectivity index (χ1v) is 12.1. The Morgan fingerprint density at radius 1 is 0.969 bits per heavy atom. The number of anilines is 1. The summed E-state index contributed by atoms with van der Waals surface area (Å²) >= 11 is 12.3. The van der Waals surface area contributed by atoms with Crippen molar-refractivity contribution in [3.63, 3.8) is 0 Å². The fraction of sp³-hybridized carbons (Fsp3) is 0.346. The lowest BCUT2D eigenvalue weighted by atomic mass is 9.92. The van der Waals surface area contributed by atoms with Crippen LogP contribution in [0.1, 0.15) is 43.0 Å². The monoisotopic (exact) mass is 465 g/mol. The Hall–Kier alpha value is -2.43. The van der Waals surface area contributed by atoms with Crippen LogP contribution < -0.4 is 9.64 Å². The minimum atomic E-state index is 0.115. The SMILES string of the molecule is Clc1ccc(OC2CCN(c3ncc(C4(c5ccccc5)CC4)n3C3C=C3)CC2)c(Cl)c1. The topological polar surface area (TPSA) is 30.3 Å². The first kappa shape index (κ1) is 20.2. The van der Waals surface area contributed by atoms with Gasteiger partial charge in [-0.2, -0.15) is 0 Å². The number of benzene rings is 2. The number of allylic oxidation sites excluding steroid dienone is 2. The molecule has 2 aromatic carbocycles. The van der Waals surface area contributed by atoms with Gasteiger partial charge in [0.1, 0.15) is 11.9 Å². The van der Waals surface area contributed by atoms with Crippen molar-refractivity contribution in [1.82, 2.24) is 9.55 Å². The first-order valence-electron chi connectivity index (χ1n) is 11.3. The molecule has 1 saturated heterocycles. The van der Waals surface area contributed by atoms with E-state index in [0.29, 0.717) is 21.8 Å². The zero-order chi connectivity index (χ0) is 21.7. The van der Waals surface area contributed by atoms with Gasteiger partial charge in [-0.1, -0.05) is 65.7 Å². The maximum absolute atomic E-state index is 6.30. The highest BCUT2D eigenvalue weighted by atomic mass is 35.5. The second-order valence-corrected chi connectivity index (χ2v) is 9.86. The highest BCUT2D eigenvalue weighted by molar-refractivity contribution is 6.35. The summed E-state index contributed by atoms with van der Waals surface area (Å²) in [4.78, 5) is 7.35. The summed E-state index contributed by atoms with van der Waals surface area (Å²) in [5.41, 5.74) is 2.86. The summed E-state index contributed by atoms with van der Waals surface area (Å²) in [6.07, 6.45) is 11.0. The highest BCUT2D eigenvalue weighted by Crippen LogP contribution is 2.55. The van der Waals surface area contributed by atoms with Crippen LogP contribution in [0.15, 0.2) is 66.9 Å². The fourth-order valence-corrected chi connectivity index (χ4v) is 5.41. The van der Waals surface area contributed by atoms with Crippen LogP contribution in [-0.4, -0.2) is 28.7 Å². The van der Waals surface area contributed by atoms with E-state index in [1.54, 1.807) is 6.07 Å². The third kappa shape index (κ3) is 3.60. The third-order valence-corrected chi connectivity index (χ3v) is 7.45. The lowest BCUT2D eigenvalue weighted by molar-refractivity contribution is 0.170. The number of imidazole rings is 1. The normalized spacial score (nSPS) is 19.9. The maximum Gasteiger partial charge on any atom is 0.206 e. The fourth-order valence-electron chi connectivity index (χ4n) is 4.95. The van der Waals surface area contributed by atoms with E-state index in [2.05, 4.69) is 58.1 Å². The van der Waals surface area contributed by atoms with Crippen LogP contribution in [0.5, 0.6) is 5.75 Å². The minimum Gasteiger partial charge on any atom is -0.489 e. The largest absolute Gasteiger partial charge is 0.489 e. The summed E-state index contributed by atoms with van der Waals surface area (Å²) in [5.74, 6) is 1.79. The second kappa shape index (κ2) is 7.86. The number of rotatable bonds is 6. The number of hydrogen-bond acceptors (Lipinski definition) is 3. The Morgan fingerprint density at radius 2 is 1.72 bits per heavy atom. The van der Waals surface area contributed by atoms with Gasteiger partial charge in [0.25, 0.3) is 0 Å². The molecular weight excluding hydrogens is 441 g/mol. The highest BCUT2D eigenvalue weighted by Gasteiger charge is 2.49. The number of aromatic nitrogens is 2. The van der Waals surface area contributed by atoms with Crippen LogP contribution >= 0.6 is 23.2 Å². The minimum absolute atomic E-state index is 0.115. The number of nitrogens with zero attached hydrogens (tertiary/aromatic N) is 3. The molecule has 0 bridgehead atoms. The first-order chi connectivity index (χ1) is 15.6. The quantitative estimate of drug-likeness (QED) is 0.393. The maximum atomic E-state index is 6.30. The van der Waals surface area contributed by atoms with Crippen molar-refractivity contribution in [2.75, 3.05) is 18.0 Å². The molecule has 0 radical (unpaired) electrons. The van der Waals surface area contributed by atoms with Crippen LogP contribution in [0.2, 0.25) is 10.0 Å². The van der Waals surface area contributed by atoms with Gasteiger partial charge in [0.15, 0.2) is 0 Å². The number of halogens is 2. The Labute approximate surface area is 198 Å². The molecule has 4 nitrogen and oxygen atoms in total. The van der Waals surface area contributed by atoms with Gasteiger partial charge in [-0.25, -0.2) is 4.98 Å². The van der Waals surface area contributed by atoms with Crippen molar-refractivity contribution in [3.8, 4) is 5.75 Å². The van der Waals surface area contributed by atoms with Crippen molar-refractivity contribution >= 4 is 29.2 Å². The molecular formula is C26H25Cl2N3O. The number of hydrogen-bond donors (Lipinski definition) is 0. The van der Waals surface area contributed by atoms with Crippen LogP contribution in [0.3, 0.4) is 0 Å². The third-order valence-electron chi connectivity index (χ3n) is 6.92. The lowest BCUT2D eigenvalue weighted by Gasteiger charge is -2.34. The molecule has 0 unspecified atom stereocenters. The van der Waals surface area contributed by atoms with Crippen molar-refractivity contribution in [1.29, 1.82) is 0 Å². The molecule has 2 heterocycles. The van der Waals surface area contributed by atoms with E-state index < -0.39 is 0 Å². The molecule has 6 heteroatoms. The molecule has 2 aliphatic carbocycles. The molecule has 1 aromatic heterocycles. The van der Waals surface area contributed by atoms with Crippen LogP contribution in [0, 0.1) is 0 Å². The van der Waals surface area contributed by atoms with E-state index in [1.165, 1.54) is 24.1 Å². The van der Waals surface area contributed by atoms with E-state index in [4.69, 9.17) is 32.9 Å².